The first-order chi connectivity index (χ1) is 12.2. The van der Waals surface area contributed by atoms with Crippen LogP contribution in [0.1, 0.15) is 16.8 Å². The van der Waals surface area contributed by atoms with Crippen LogP contribution in [0.15, 0.2) is 52.3 Å². The van der Waals surface area contributed by atoms with Gasteiger partial charge in [0.1, 0.15) is 4.90 Å². The van der Waals surface area contributed by atoms with E-state index in [-0.39, 0.29) is 15.5 Å². The van der Waals surface area contributed by atoms with E-state index in [9.17, 15) is 13.2 Å². The molecule has 0 spiro atoms. The molecule has 134 valence electrons. The van der Waals surface area contributed by atoms with Gasteiger partial charge in [-0.15, -0.1) is 0 Å². The van der Waals surface area contributed by atoms with Gasteiger partial charge >= 0.3 is 0 Å². The van der Waals surface area contributed by atoms with Crippen LogP contribution in [0, 0.1) is 13.8 Å². The molecule has 0 aliphatic carbocycles. The molecule has 1 aromatic heterocycles. The standard InChI is InChI=1S/C19H17ClN2O3S/c1-11-7-12(2)9-14(8-11)26(24,25)19-15-10-13(20)3-4-16(15)22-17(19)5-6-18(21)23/h3-10,22H,1-2H3,(H2,21,23). The molecule has 0 saturated carbocycles. The molecule has 1 amide bonds. The van der Waals surface area contributed by atoms with Gasteiger partial charge in [-0.3, -0.25) is 4.79 Å². The number of carbonyl (C=O) groups is 1. The molecule has 0 atom stereocenters. The van der Waals surface area contributed by atoms with Crippen molar-refractivity contribution in [2.24, 2.45) is 5.73 Å². The van der Waals surface area contributed by atoms with Gasteiger partial charge in [0, 0.05) is 22.0 Å². The number of amides is 1. The number of nitrogens with two attached hydrogens (primary N) is 1. The summed E-state index contributed by atoms with van der Waals surface area (Å²) in [6, 6.07) is 10.1. The largest absolute Gasteiger partial charge is 0.366 e. The Bertz CT molecular complexity index is 1140. The third-order valence-electron chi connectivity index (χ3n) is 3.93. The molecule has 0 unspecified atom stereocenters. The Balaban J connectivity index is 2.35. The van der Waals surface area contributed by atoms with Gasteiger partial charge in [0.15, 0.2) is 0 Å². The summed E-state index contributed by atoms with van der Waals surface area (Å²) in [5, 5.41) is 0.875. The quantitative estimate of drug-likeness (QED) is 0.666. The van der Waals surface area contributed by atoms with E-state index in [0.29, 0.717) is 15.9 Å². The lowest BCUT2D eigenvalue weighted by atomic mass is 10.2. The van der Waals surface area contributed by atoms with Gasteiger partial charge in [-0.2, -0.15) is 0 Å². The Hall–Kier alpha value is -2.57. The van der Waals surface area contributed by atoms with Gasteiger partial charge in [-0.1, -0.05) is 17.7 Å². The van der Waals surface area contributed by atoms with E-state index < -0.39 is 15.7 Å². The van der Waals surface area contributed by atoms with Gasteiger partial charge in [0.25, 0.3) is 0 Å². The Morgan fingerprint density at radius 2 is 1.77 bits per heavy atom. The van der Waals surface area contributed by atoms with Crippen molar-refractivity contribution in [3.05, 3.63) is 64.3 Å². The summed E-state index contributed by atoms with van der Waals surface area (Å²) in [5.74, 6) is -0.670. The fraction of sp³-hybridized carbons (Fsp3) is 0.105. The zero-order chi connectivity index (χ0) is 19.1. The average Bonchev–Trinajstić information content (AvgIpc) is 2.90. The number of sulfone groups is 1. The van der Waals surface area contributed by atoms with E-state index in [1.165, 1.54) is 6.08 Å². The number of benzene rings is 2. The summed E-state index contributed by atoms with van der Waals surface area (Å²) >= 11 is 6.07. The van der Waals surface area contributed by atoms with Crippen molar-refractivity contribution in [2.75, 3.05) is 0 Å². The van der Waals surface area contributed by atoms with Crippen molar-refractivity contribution >= 4 is 44.3 Å². The number of primary amides is 1. The van der Waals surface area contributed by atoms with Gasteiger partial charge in [0.05, 0.1) is 10.6 Å². The minimum Gasteiger partial charge on any atom is -0.366 e. The summed E-state index contributed by atoms with van der Waals surface area (Å²) in [6.45, 7) is 3.68. The predicted octanol–water partition coefficient (Wildman–Crippen LogP) is 3.77. The van der Waals surface area contributed by atoms with Crippen LogP contribution in [0.5, 0.6) is 0 Å². The number of hydrogen-bond donors (Lipinski definition) is 2. The molecule has 0 aliphatic heterocycles. The van der Waals surface area contributed by atoms with E-state index >= 15 is 0 Å². The highest BCUT2D eigenvalue weighted by Crippen LogP contribution is 2.34. The van der Waals surface area contributed by atoms with Crippen LogP contribution in [-0.2, 0) is 14.6 Å². The van der Waals surface area contributed by atoms with Crippen molar-refractivity contribution in [3.63, 3.8) is 0 Å². The molecule has 1 heterocycles. The molecule has 0 fully saturated rings. The molecule has 7 heteroatoms. The molecule has 3 rings (SSSR count). The number of carbonyl (C=O) groups excluding carboxylic acids is 1. The molecule has 2 aromatic carbocycles. The Labute approximate surface area is 156 Å². The van der Waals surface area contributed by atoms with Crippen LogP contribution in [0.4, 0.5) is 0 Å². The van der Waals surface area contributed by atoms with Crippen LogP contribution in [0.3, 0.4) is 0 Å². The molecular formula is C19H17ClN2O3S. The first-order valence-corrected chi connectivity index (χ1v) is 9.67. The first-order valence-electron chi connectivity index (χ1n) is 7.80. The van der Waals surface area contributed by atoms with Crippen molar-refractivity contribution in [2.45, 2.75) is 23.6 Å². The average molecular weight is 389 g/mol. The summed E-state index contributed by atoms with van der Waals surface area (Å²) < 4.78 is 26.8. The van der Waals surface area contributed by atoms with E-state index in [1.54, 1.807) is 30.3 Å². The third-order valence-corrected chi connectivity index (χ3v) is 6.00. The number of aryl methyl sites for hydroxylation is 2. The lowest BCUT2D eigenvalue weighted by molar-refractivity contribution is -0.113. The van der Waals surface area contributed by atoms with Crippen molar-refractivity contribution < 1.29 is 13.2 Å². The number of nitrogens with one attached hydrogen (secondary N) is 1. The number of fused-ring (bicyclic) bond motifs is 1. The van der Waals surface area contributed by atoms with Gasteiger partial charge in [-0.05, 0) is 61.4 Å². The number of aromatic amines is 1. The third kappa shape index (κ3) is 3.38. The van der Waals surface area contributed by atoms with Crippen LogP contribution in [-0.4, -0.2) is 19.3 Å². The van der Waals surface area contributed by atoms with E-state index in [1.807, 2.05) is 19.9 Å². The SMILES string of the molecule is Cc1cc(C)cc(S(=O)(=O)c2c(C=CC(N)=O)[nH]c3ccc(Cl)cc23)c1. The van der Waals surface area contributed by atoms with Crippen LogP contribution < -0.4 is 5.73 Å². The molecule has 0 radical (unpaired) electrons. The van der Waals surface area contributed by atoms with Crippen LogP contribution >= 0.6 is 11.6 Å². The molecule has 0 bridgehead atoms. The molecule has 3 N–H and O–H groups in total. The molecular weight excluding hydrogens is 372 g/mol. The fourth-order valence-electron chi connectivity index (χ4n) is 2.94. The van der Waals surface area contributed by atoms with Crippen molar-refractivity contribution in [3.8, 4) is 0 Å². The maximum absolute atomic E-state index is 13.4. The maximum atomic E-state index is 13.4. The smallest absolute Gasteiger partial charge is 0.241 e. The second kappa shape index (κ2) is 6.63. The van der Waals surface area contributed by atoms with Crippen molar-refractivity contribution in [1.82, 2.24) is 4.98 Å². The highest BCUT2D eigenvalue weighted by molar-refractivity contribution is 7.91. The van der Waals surface area contributed by atoms with E-state index in [4.69, 9.17) is 17.3 Å². The van der Waals surface area contributed by atoms with Crippen LogP contribution in [0.25, 0.3) is 17.0 Å². The first kappa shape index (κ1) is 18.2. The fourth-order valence-corrected chi connectivity index (χ4v) is 4.90. The number of rotatable bonds is 4. The second-order valence-corrected chi connectivity index (χ2v) is 8.44. The van der Waals surface area contributed by atoms with E-state index in [2.05, 4.69) is 4.98 Å². The number of hydrogen-bond acceptors (Lipinski definition) is 3. The Morgan fingerprint density at radius 3 is 2.38 bits per heavy atom. The highest BCUT2D eigenvalue weighted by atomic mass is 35.5. The predicted molar refractivity (Wildman–Crippen MR) is 103 cm³/mol. The topological polar surface area (TPSA) is 93.0 Å². The van der Waals surface area contributed by atoms with Gasteiger partial charge in [-0.25, -0.2) is 8.42 Å². The lowest BCUT2D eigenvalue weighted by Gasteiger charge is -2.08. The molecule has 26 heavy (non-hydrogen) atoms. The lowest BCUT2D eigenvalue weighted by Crippen LogP contribution is -2.06. The summed E-state index contributed by atoms with van der Waals surface area (Å²) in [7, 11) is -3.86. The highest BCUT2D eigenvalue weighted by Gasteiger charge is 2.26. The number of aromatic nitrogens is 1. The molecule has 5 nitrogen and oxygen atoms in total. The molecule has 0 saturated heterocycles. The Morgan fingerprint density at radius 1 is 1.12 bits per heavy atom. The summed E-state index contributed by atoms with van der Waals surface area (Å²) in [4.78, 5) is 14.4. The summed E-state index contributed by atoms with van der Waals surface area (Å²) in [6.07, 6.45) is 2.48. The number of halogens is 1. The molecule has 3 aromatic rings. The monoisotopic (exact) mass is 388 g/mol. The van der Waals surface area contributed by atoms with Gasteiger partial charge in [0.2, 0.25) is 15.7 Å². The number of H-pyrrole nitrogens is 1. The van der Waals surface area contributed by atoms with Gasteiger partial charge < -0.3 is 10.7 Å². The van der Waals surface area contributed by atoms with Crippen LogP contribution in [0.2, 0.25) is 5.02 Å². The molecule has 0 aliphatic rings. The summed E-state index contributed by atoms with van der Waals surface area (Å²) in [5.41, 5.74) is 7.72. The Kier molecular flexibility index (Phi) is 4.64. The van der Waals surface area contributed by atoms with Crippen molar-refractivity contribution in [1.29, 1.82) is 0 Å². The van der Waals surface area contributed by atoms with E-state index in [0.717, 1.165) is 17.2 Å². The normalized spacial score (nSPS) is 12.1. The maximum Gasteiger partial charge on any atom is 0.241 e. The zero-order valence-corrected chi connectivity index (χ0v) is 15.8. The minimum atomic E-state index is -3.86. The zero-order valence-electron chi connectivity index (χ0n) is 14.2. The minimum absolute atomic E-state index is 0.0671. The second-order valence-electron chi connectivity index (χ2n) is 6.12.